The highest BCUT2D eigenvalue weighted by atomic mass is 32.2. The van der Waals surface area contributed by atoms with Gasteiger partial charge in [0.15, 0.2) is 0 Å². The quantitative estimate of drug-likeness (QED) is 0.624. The summed E-state index contributed by atoms with van der Waals surface area (Å²) in [5.74, 6) is -0.448. The SMILES string of the molecule is Cc1ccc([C@H](CNS(=O)(=O)c2ccc(F)cc2)[NH+]2CC[NH+](C)CC2)cc1. The maximum absolute atomic E-state index is 13.1. The first-order valence-electron chi connectivity index (χ1n) is 9.33. The van der Waals surface area contributed by atoms with Crippen molar-refractivity contribution >= 4 is 10.0 Å². The maximum atomic E-state index is 13.1. The number of hydrogen-bond donors (Lipinski definition) is 3. The van der Waals surface area contributed by atoms with E-state index in [0.717, 1.165) is 31.7 Å². The van der Waals surface area contributed by atoms with Crippen LogP contribution in [0.25, 0.3) is 0 Å². The molecule has 1 atom stereocenters. The number of hydrogen-bond acceptors (Lipinski definition) is 2. The van der Waals surface area contributed by atoms with E-state index in [4.69, 9.17) is 0 Å². The molecule has 0 bridgehead atoms. The van der Waals surface area contributed by atoms with Crippen molar-refractivity contribution in [1.82, 2.24) is 4.72 Å². The third-order valence-corrected chi connectivity index (χ3v) is 6.76. The molecule has 2 aromatic carbocycles. The molecular formula is C20H28FN3O2S+2. The maximum Gasteiger partial charge on any atom is 0.240 e. The molecule has 0 saturated carbocycles. The van der Waals surface area contributed by atoms with Gasteiger partial charge in [-0.25, -0.2) is 17.5 Å². The molecule has 1 fully saturated rings. The van der Waals surface area contributed by atoms with Crippen LogP contribution in [0.3, 0.4) is 0 Å². The number of piperazine rings is 1. The highest BCUT2D eigenvalue weighted by Crippen LogP contribution is 2.14. The van der Waals surface area contributed by atoms with Crippen molar-refractivity contribution in [2.24, 2.45) is 0 Å². The summed E-state index contributed by atoms with van der Waals surface area (Å²) >= 11 is 0. The van der Waals surface area contributed by atoms with Gasteiger partial charge in [0.05, 0.1) is 18.5 Å². The minimum absolute atomic E-state index is 0.0499. The van der Waals surface area contributed by atoms with Crippen LogP contribution in [0, 0.1) is 12.7 Å². The molecule has 0 aliphatic carbocycles. The summed E-state index contributed by atoms with van der Waals surface area (Å²) in [4.78, 5) is 2.99. The summed E-state index contributed by atoms with van der Waals surface area (Å²) in [7, 11) is -1.48. The lowest BCUT2D eigenvalue weighted by atomic mass is 10.0. The second-order valence-corrected chi connectivity index (χ2v) is 9.15. The smallest absolute Gasteiger partial charge is 0.240 e. The van der Waals surface area contributed by atoms with Crippen LogP contribution >= 0.6 is 0 Å². The van der Waals surface area contributed by atoms with E-state index in [0.29, 0.717) is 6.54 Å². The summed E-state index contributed by atoms with van der Waals surface area (Å²) in [5, 5.41) is 0. The Morgan fingerprint density at radius 2 is 1.59 bits per heavy atom. The summed E-state index contributed by atoms with van der Waals surface area (Å²) in [6.07, 6.45) is 0. The van der Waals surface area contributed by atoms with Gasteiger partial charge in [0.2, 0.25) is 10.0 Å². The summed E-state index contributed by atoms with van der Waals surface area (Å²) in [6, 6.07) is 13.3. The normalized spacial score (nSPS) is 21.7. The minimum atomic E-state index is -3.67. The van der Waals surface area contributed by atoms with Crippen molar-refractivity contribution in [3.05, 3.63) is 65.5 Å². The topological polar surface area (TPSA) is 55.0 Å². The van der Waals surface area contributed by atoms with Crippen LogP contribution in [-0.2, 0) is 10.0 Å². The largest absolute Gasteiger partial charge is 0.328 e. The Bertz CT molecular complexity index is 846. The van der Waals surface area contributed by atoms with E-state index in [1.807, 2.05) is 6.92 Å². The zero-order chi connectivity index (χ0) is 19.4. The Labute approximate surface area is 160 Å². The summed E-state index contributed by atoms with van der Waals surface area (Å²) in [6.45, 7) is 6.51. The van der Waals surface area contributed by atoms with Crippen molar-refractivity contribution in [1.29, 1.82) is 0 Å². The van der Waals surface area contributed by atoms with Crippen LogP contribution in [0.2, 0.25) is 0 Å². The van der Waals surface area contributed by atoms with E-state index in [9.17, 15) is 12.8 Å². The first-order chi connectivity index (χ1) is 12.8. The second kappa shape index (κ2) is 8.48. The molecule has 1 aliphatic rings. The average molecular weight is 394 g/mol. The Morgan fingerprint density at radius 1 is 1.00 bits per heavy atom. The third-order valence-electron chi connectivity index (χ3n) is 5.32. The highest BCUT2D eigenvalue weighted by Gasteiger charge is 2.30. The van der Waals surface area contributed by atoms with Crippen molar-refractivity contribution < 1.29 is 22.6 Å². The van der Waals surface area contributed by atoms with E-state index in [-0.39, 0.29) is 10.9 Å². The predicted octanol–water partition coefficient (Wildman–Crippen LogP) is -0.433. The van der Waals surface area contributed by atoms with Crippen LogP contribution in [-0.4, -0.2) is 48.2 Å². The second-order valence-electron chi connectivity index (χ2n) is 7.38. The molecule has 5 nitrogen and oxygen atoms in total. The standard InChI is InChI=1S/C20H26FN3O2S/c1-16-3-5-17(6-4-16)20(24-13-11-23(2)12-14-24)15-22-27(25,26)19-9-7-18(21)8-10-19/h3-10,20,22H,11-15H2,1-2H3/p+2/t20-/m0/s1. The van der Waals surface area contributed by atoms with Gasteiger partial charge in [-0.15, -0.1) is 0 Å². The van der Waals surface area contributed by atoms with E-state index < -0.39 is 15.8 Å². The molecule has 0 unspecified atom stereocenters. The van der Waals surface area contributed by atoms with E-state index in [1.165, 1.54) is 39.6 Å². The highest BCUT2D eigenvalue weighted by molar-refractivity contribution is 7.89. The van der Waals surface area contributed by atoms with Crippen LogP contribution in [0.1, 0.15) is 17.2 Å². The molecule has 27 heavy (non-hydrogen) atoms. The number of rotatable bonds is 6. The summed E-state index contributed by atoms with van der Waals surface area (Å²) < 4.78 is 41.1. The van der Waals surface area contributed by atoms with Gasteiger partial charge in [0.25, 0.3) is 0 Å². The average Bonchev–Trinajstić information content (AvgIpc) is 2.65. The van der Waals surface area contributed by atoms with Crippen LogP contribution in [0.15, 0.2) is 53.4 Å². The molecule has 0 spiro atoms. The van der Waals surface area contributed by atoms with Gasteiger partial charge in [0, 0.05) is 5.56 Å². The van der Waals surface area contributed by atoms with Crippen molar-refractivity contribution in [2.45, 2.75) is 17.9 Å². The molecule has 3 N–H and O–H groups in total. The van der Waals surface area contributed by atoms with Crippen LogP contribution < -0.4 is 14.5 Å². The molecule has 7 heteroatoms. The van der Waals surface area contributed by atoms with Crippen molar-refractivity contribution in [2.75, 3.05) is 39.8 Å². The third kappa shape index (κ3) is 5.13. The fraction of sp³-hybridized carbons (Fsp3) is 0.400. The van der Waals surface area contributed by atoms with E-state index in [1.54, 1.807) is 0 Å². The van der Waals surface area contributed by atoms with Gasteiger partial charge in [0.1, 0.15) is 38.0 Å². The molecule has 0 amide bonds. The Kier molecular flexibility index (Phi) is 6.26. The molecule has 1 aliphatic heterocycles. The van der Waals surface area contributed by atoms with Crippen LogP contribution in [0.5, 0.6) is 0 Å². The first-order valence-corrected chi connectivity index (χ1v) is 10.8. The van der Waals surface area contributed by atoms with Gasteiger partial charge in [-0.3, -0.25) is 0 Å². The lowest BCUT2D eigenvalue weighted by molar-refractivity contribution is -1.02. The molecular weight excluding hydrogens is 365 g/mol. The molecule has 1 heterocycles. The Morgan fingerprint density at radius 3 is 2.19 bits per heavy atom. The number of benzene rings is 2. The van der Waals surface area contributed by atoms with E-state index >= 15 is 0 Å². The predicted molar refractivity (Wildman–Crippen MR) is 103 cm³/mol. The fourth-order valence-corrected chi connectivity index (χ4v) is 4.58. The molecule has 3 rings (SSSR count). The number of aryl methyl sites for hydroxylation is 1. The zero-order valence-corrected chi connectivity index (χ0v) is 16.7. The van der Waals surface area contributed by atoms with Crippen LogP contribution in [0.4, 0.5) is 4.39 Å². The minimum Gasteiger partial charge on any atom is -0.328 e. The number of nitrogens with one attached hydrogen (secondary N) is 3. The van der Waals surface area contributed by atoms with Crippen molar-refractivity contribution in [3.8, 4) is 0 Å². The number of halogens is 1. The summed E-state index contributed by atoms with van der Waals surface area (Å²) in [5.41, 5.74) is 2.32. The zero-order valence-electron chi connectivity index (χ0n) is 15.8. The Hall–Kier alpha value is -1.80. The lowest BCUT2D eigenvalue weighted by Gasteiger charge is -2.33. The van der Waals surface area contributed by atoms with Gasteiger partial charge in [-0.2, -0.15) is 0 Å². The number of sulfonamides is 1. The Balaban J connectivity index is 1.78. The molecule has 0 aromatic heterocycles. The van der Waals surface area contributed by atoms with Crippen molar-refractivity contribution in [3.63, 3.8) is 0 Å². The molecule has 2 aromatic rings. The van der Waals surface area contributed by atoms with Gasteiger partial charge in [-0.05, 0) is 31.2 Å². The fourth-order valence-electron chi connectivity index (χ4n) is 3.53. The van der Waals surface area contributed by atoms with E-state index in [2.05, 4.69) is 36.0 Å². The van der Waals surface area contributed by atoms with Gasteiger partial charge in [-0.1, -0.05) is 29.8 Å². The van der Waals surface area contributed by atoms with Gasteiger partial charge < -0.3 is 9.80 Å². The lowest BCUT2D eigenvalue weighted by Crippen LogP contribution is -3.27. The molecule has 1 saturated heterocycles. The number of likely N-dealkylation sites (N-methyl/N-ethyl adjacent to an activating group) is 1. The molecule has 0 radical (unpaired) electrons. The number of quaternary nitrogens is 2. The monoisotopic (exact) mass is 393 g/mol. The van der Waals surface area contributed by atoms with Gasteiger partial charge >= 0.3 is 0 Å². The first kappa shape index (κ1) is 19.9. The molecule has 146 valence electrons.